The van der Waals surface area contributed by atoms with Crippen LogP contribution >= 0.6 is 0 Å². The zero-order chi connectivity index (χ0) is 12.6. The van der Waals surface area contributed by atoms with Crippen LogP contribution in [0.1, 0.15) is 29.0 Å². The maximum absolute atomic E-state index is 11.9. The van der Waals surface area contributed by atoms with Gasteiger partial charge in [-0.25, -0.2) is 0 Å². The van der Waals surface area contributed by atoms with E-state index in [0.717, 1.165) is 5.69 Å². The van der Waals surface area contributed by atoms with Crippen molar-refractivity contribution in [3.63, 3.8) is 0 Å². The lowest BCUT2D eigenvalue weighted by molar-refractivity contribution is 0.0950. The monoisotopic (exact) mass is 237 g/mol. The number of aromatic nitrogens is 1. The van der Waals surface area contributed by atoms with Crippen molar-refractivity contribution in [1.29, 1.82) is 0 Å². The molecule has 0 radical (unpaired) electrons. The van der Waals surface area contributed by atoms with Gasteiger partial charge in [0.05, 0.1) is 7.11 Å². The van der Waals surface area contributed by atoms with Crippen LogP contribution < -0.4 is 20.9 Å². The van der Waals surface area contributed by atoms with Crippen LogP contribution in [0.25, 0.3) is 0 Å². The molecule has 0 spiro atoms. The topological polar surface area (TPSA) is 72.4 Å². The van der Waals surface area contributed by atoms with Gasteiger partial charge in [-0.1, -0.05) is 6.92 Å². The molecule has 1 aliphatic rings. The van der Waals surface area contributed by atoms with Crippen LogP contribution in [0.15, 0.2) is 10.9 Å². The summed E-state index contributed by atoms with van der Waals surface area (Å²) in [4.78, 5) is 23.7. The van der Waals surface area contributed by atoms with E-state index in [4.69, 9.17) is 4.74 Å². The number of hydrogen-bond acceptors (Lipinski definition) is 4. The number of amides is 1. The molecule has 1 amide bonds. The molecular weight excluding hydrogens is 222 g/mol. The van der Waals surface area contributed by atoms with Crippen molar-refractivity contribution in [3.8, 4) is 5.75 Å². The lowest BCUT2D eigenvalue weighted by atomic mass is 10.1. The van der Waals surface area contributed by atoms with Gasteiger partial charge < -0.3 is 15.5 Å². The average Bonchev–Trinajstić information content (AvgIpc) is 2.68. The molecule has 1 aromatic heterocycles. The second kappa shape index (κ2) is 4.12. The molecule has 0 fully saturated rings. The lowest BCUT2D eigenvalue weighted by Crippen LogP contribution is -2.29. The van der Waals surface area contributed by atoms with E-state index in [1.54, 1.807) is 4.68 Å². The zero-order valence-corrected chi connectivity index (χ0v) is 10.0. The van der Waals surface area contributed by atoms with Gasteiger partial charge in [-0.3, -0.25) is 14.3 Å². The third-order valence-corrected chi connectivity index (χ3v) is 2.91. The fourth-order valence-corrected chi connectivity index (χ4v) is 2.00. The molecule has 0 aromatic carbocycles. The van der Waals surface area contributed by atoms with Gasteiger partial charge in [0.1, 0.15) is 0 Å². The van der Waals surface area contributed by atoms with Gasteiger partial charge in [-0.05, 0) is 0 Å². The Balaban J connectivity index is 2.73. The van der Waals surface area contributed by atoms with Crippen molar-refractivity contribution in [2.45, 2.75) is 12.8 Å². The highest BCUT2D eigenvalue weighted by Crippen LogP contribution is 2.24. The minimum absolute atomic E-state index is 0.0645. The van der Waals surface area contributed by atoms with Crippen LogP contribution in [0.2, 0.25) is 0 Å². The van der Waals surface area contributed by atoms with Crippen LogP contribution in [-0.4, -0.2) is 31.3 Å². The highest BCUT2D eigenvalue weighted by molar-refractivity contribution is 5.95. The standard InChI is InChI=1S/C11H15N3O3/c1-6-5-13-14-7(6)4-8(15)10(17-3)9(14)11(16)12-2/h4,6,13H,5H2,1-3H3,(H,12,16). The summed E-state index contributed by atoms with van der Waals surface area (Å²) < 4.78 is 6.65. The van der Waals surface area contributed by atoms with E-state index >= 15 is 0 Å². The minimum atomic E-state index is -0.345. The average molecular weight is 237 g/mol. The molecule has 6 heteroatoms. The van der Waals surface area contributed by atoms with Crippen molar-refractivity contribution in [1.82, 2.24) is 9.99 Å². The fourth-order valence-electron chi connectivity index (χ4n) is 2.00. The smallest absolute Gasteiger partial charge is 0.273 e. The molecule has 2 rings (SSSR count). The number of methoxy groups -OCH3 is 1. The van der Waals surface area contributed by atoms with Gasteiger partial charge in [0.15, 0.2) is 11.4 Å². The highest BCUT2D eigenvalue weighted by Gasteiger charge is 2.27. The van der Waals surface area contributed by atoms with Crippen LogP contribution in [0, 0.1) is 0 Å². The summed E-state index contributed by atoms with van der Waals surface area (Å²) in [6, 6.07) is 1.51. The SMILES string of the molecule is CNC(=O)c1c(OC)c(=O)cc2n1NCC2C. The number of rotatable bonds is 2. The second-order valence-electron chi connectivity index (χ2n) is 3.99. The molecule has 92 valence electrons. The first kappa shape index (κ1) is 11.5. The van der Waals surface area contributed by atoms with Gasteiger partial charge in [-0.2, -0.15) is 0 Å². The fraction of sp³-hybridized carbons (Fsp3) is 0.455. The van der Waals surface area contributed by atoms with E-state index in [-0.39, 0.29) is 28.7 Å². The Kier molecular flexibility index (Phi) is 2.79. The number of ether oxygens (including phenoxy) is 1. The summed E-state index contributed by atoms with van der Waals surface area (Å²) in [6.45, 7) is 2.68. The molecule has 1 atom stereocenters. The molecule has 0 aliphatic carbocycles. The van der Waals surface area contributed by atoms with Crippen LogP contribution in [0.4, 0.5) is 0 Å². The van der Waals surface area contributed by atoms with Crippen molar-refractivity contribution >= 4 is 5.91 Å². The summed E-state index contributed by atoms with van der Waals surface area (Å²) in [6.07, 6.45) is 0. The Hall–Kier alpha value is -1.98. The second-order valence-corrected chi connectivity index (χ2v) is 3.99. The van der Waals surface area contributed by atoms with E-state index in [1.807, 2.05) is 6.92 Å². The van der Waals surface area contributed by atoms with E-state index in [0.29, 0.717) is 6.54 Å². The third kappa shape index (κ3) is 1.65. The zero-order valence-electron chi connectivity index (χ0n) is 10.0. The Morgan fingerprint density at radius 3 is 2.94 bits per heavy atom. The quantitative estimate of drug-likeness (QED) is 0.752. The third-order valence-electron chi connectivity index (χ3n) is 2.91. The van der Waals surface area contributed by atoms with E-state index in [9.17, 15) is 9.59 Å². The lowest BCUT2D eigenvalue weighted by Gasteiger charge is -2.14. The predicted molar refractivity (Wildman–Crippen MR) is 63.3 cm³/mol. The molecular formula is C11H15N3O3. The molecule has 2 N–H and O–H groups in total. The van der Waals surface area contributed by atoms with Crippen molar-refractivity contribution < 1.29 is 9.53 Å². The Morgan fingerprint density at radius 1 is 1.65 bits per heavy atom. The molecule has 0 saturated heterocycles. The summed E-state index contributed by atoms with van der Waals surface area (Å²) >= 11 is 0. The Bertz CT molecular complexity index is 521. The van der Waals surface area contributed by atoms with Gasteiger partial charge in [-0.15, -0.1) is 0 Å². The molecule has 1 aliphatic heterocycles. The molecule has 0 bridgehead atoms. The summed E-state index contributed by atoms with van der Waals surface area (Å²) in [5.41, 5.74) is 3.83. The van der Waals surface area contributed by atoms with E-state index in [1.165, 1.54) is 20.2 Å². The van der Waals surface area contributed by atoms with Crippen LogP contribution in [0.3, 0.4) is 0 Å². The number of carbonyl (C=O) groups excluding carboxylic acids is 1. The number of nitrogens with zero attached hydrogens (tertiary/aromatic N) is 1. The summed E-state index contributed by atoms with van der Waals surface area (Å²) in [7, 11) is 2.90. The van der Waals surface area contributed by atoms with Crippen LogP contribution in [0.5, 0.6) is 5.75 Å². The Labute approximate surface area is 98.6 Å². The number of carbonyl (C=O) groups is 1. The van der Waals surface area contributed by atoms with Gasteiger partial charge in [0.2, 0.25) is 5.43 Å². The number of fused-ring (bicyclic) bond motifs is 1. The maximum atomic E-state index is 11.9. The molecule has 0 saturated carbocycles. The van der Waals surface area contributed by atoms with Gasteiger partial charge in [0.25, 0.3) is 5.91 Å². The molecule has 6 nitrogen and oxygen atoms in total. The number of nitrogens with one attached hydrogen (secondary N) is 2. The molecule has 1 aromatic rings. The van der Waals surface area contributed by atoms with Crippen LogP contribution in [-0.2, 0) is 0 Å². The normalized spacial score (nSPS) is 17.2. The van der Waals surface area contributed by atoms with Crippen molar-refractivity contribution in [3.05, 3.63) is 27.7 Å². The molecule has 17 heavy (non-hydrogen) atoms. The van der Waals surface area contributed by atoms with Crippen molar-refractivity contribution in [2.24, 2.45) is 0 Å². The van der Waals surface area contributed by atoms with Gasteiger partial charge >= 0.3 is 0 Å². The summed E-state index contributed by atoms with van der Waals surface area (Å²) in [5, 5.41) is 2.51. The summed E-state index contributed by atoms with van der Waals surface area (Å²) in [5.74, 6) is -0.0888. The Morgan fingerprint density at radius 2 is 2.35 bits per heavy atom. The number of hydrogen-bond donors (Lipinski definition) is 2. The largest absolute Gasteiger partial charge is 0.491 e. The first-order valence-electron chi connectivity index (χ1n) is 5.40. The maximum Gasteiger partial charge on any atom is 0.273 e. The first-order valence-corrected chi connectivity index (χ1v) is 5.40. The van der Waals surface area contributed by atoms with Crippen molar-refractivity contribution in [2.75, 3.05) is 26.1 Å². The van der Waals surface area contributed by atoms with Gasteiger partial charge in [0, 0.05) is 31.3 Å². The first-order chi connectivity index (χ1) is 8.10. The highest BCUT2D eigenvalue weighted by atomic mass is 16.5. The molecule has 2 heterocycles. The minimum Gasteiger partial charge on any atom is -0.491 e. The molecule has 1 unspecified atom stereocenters. The van der Waals surface area contributed by atoms with E-state index in [2.05, 4.69) is 10.7 Å². The predicted octanol–water partition coefficient (Wildman–Crippen LogP) is -0.123. The van der Waals surface area contributed by atoms with E-state index < -0.39 is 0 Å². The number of pyridine rings is 1.